The molecule has 0 aliphatic carbocycles. The molecule has 1 aromatic heterocycles. The van der Waals surface area contributed by atoms with Crippen molar-refractivity contribution in [2.45, 2.75) is 31.3 Å². The molecule has 2 aliphatic heterocycles. The minimum absolute atomic E-state index is 0.0425. The van der Waals surface area contributed by atoms with E-state index in [-0.39, 0.29) is 18.9 Å². The number of amides is 2. The van der Waals surface area contributed by atoms with E-state index in [4.69, 9.17) is 4.74 Å². The molecule has 4 atom stereocenters. The van der Waals surface area contributed by atoms with Crippen molar-refractivity contribution in [1.82, 2.24) is 15.2 Å². The molecule has 4 aromatic carbocycles. The summed E-state index contributed by atoms with van der Waals surface area (Å²) in [7, 11) is 0. The molecule has 8 nitrogen and oxygen atoms in total. The fourth-order valence-electron chi connectivity index (χ4n) is 6.82. The van der Waals surface area contributed by atoms with Gasteiger partial charge in [-0.05, 0) is 53.1 Å². The molecule has 3 heterocycles. The number of carboxylic acids is 1. The van der Waals surface area contributed by atoms with Crippen LogP contribution in [-0.4, -0.2) is 44.9 Å². The van der Waals surface area contributed by atoms with E-state index in [0.717, 1.165) is 26.9 Å². The number of rotatable bonds is 9. The van der Waals surface area contributed by atoms with Crippen molar-refractivity contribution in [3.05, 3.63) is 124 Å². The number of thiazole rings is 1. The van der Waals surface area contributed by atoms with E-state index in [2.05, 4.69) is 10.3 Å². The van der Waals surface area contributed by atoms with Gasteiger partial charge >= 0.3 is 5.97 Å². The van der Waals surface area contributed by atoms with Gasteiger partial charge in [-0.3, -0.25) is 24.6 Å². The van der Waals surface area contributed by atoms with Crippen LogP contribution in [-0.2, 0) is 27.2 Å². The largest absolute Gasteiger partial charge is 0.480 e. The summed E-state index contributed by atoms with van der Waals surface area (Å²) in [5, 5.41) is 16.2. The van der Waals surface area contributed by atoms with Crippen LogP contribution in [0.15, 0.2) is 103 Å². The fourth-order valence-corrected chi connectivity index (χ4v) is 7.59. The quantitative estimate of drug-likeness (QED) is 0.197. The number of aromatic nitrogens is 1. The molecule has 2 saturated heterocycles. The van der Waals surface area contributed by atoms with Gasteiger partial charge in [0.05, 0.1) is 23.0 Å². The molecule has 0 radical (unpaired) electrons. The number of para-hydroxylation sites is 1. The molecule has 9 heteroatoms. The lowest BCUT2D eigenvalue weighted by Gasteiger charge is -2.31. The van der Waals surface area contributed by atoms with E-state index < -0.39 is 35.3 Å². The number of carbonyl (C=O) groups is 3. The number of ether oxygens (including phenoxy) is 1. The third-order valence-corrected chi connectivity index (χ3v) is 10.0. The summed E-state index contributed by atoms with van der Waals surface area (Å²) < 4.78 is 5.96. The Labute approximate surface area is 264 Å². The second-order valence-electron chi connectivity index (χ2n) is 11.7. The first kappa shape index (κ1) is 28.9. The van der Waals surface area contributed by atoms with Gasteiger partial charge in [-0.25, -0.2) is 4.98 Å². The molecule has 2 N–H and O–H groups in total. The molecule has 0 saturated carbocycles. The Morgan fingerprint density at radius 3 is 2.36 bits per heavy atom. The first-order valence-corrected chi connectivity index (χ1v) is 15.8. The van der Waals surface area contributed by atoms with Crippen molar-refractivity contribution in [1.29, 1.82) is 0 Å². The van der Waals surface area contributed by atoms with E-state index >= 15 is 0 Å². The zero-order chi connectivity index (χ0) is 31.1. The summed E-state index contributed by atoms with van der Waals surface area (Å²) in [6.07, 6.45) is 0.516. The van der Waals surface area contributed by atoms with Crippen LogP contribution in [0.5, 0.6) is 11.5 Å². The van der Waals surface area contributed by atoms with Crippen LogP contribution in [0.1, 0.15) is 27.7 Å². The van der Waals surface area contributed by atoms with E-state index in [0.29, 0.717) is 23.5 Å². The van der Waals surface area contributed by atoms with Gasteiger partial charge in [0.1, 0.15) is 17.0 Å². The highest BCUT2D eigenvalue weighted by atomic mass is 32.1. The molecule has 2 amide bonds. The minimum Gasteiger partial charge on any atom is -0.480 e. The van der Waals surface area contributed by atoms with Crippen LogP contribution < -0.4 is 10.1 Å². The van der Waals surface area contributed by atoms with Gasteiger partial charge in [0, 0.05) is 30.3 Å². The van der Waals surface area contributed by atoms with Crippen molar-refractivity contribution < 1.29 is 24.2 Å². The summed E-state index contributed by atoms with van der Waals surface area (Å²) in [6.45, 7) is 2.08. The molecule has 2 fully saturated rings. The maximum absolute atomic E-state index is 14.2. The maximum atomic E-state index is 14.2. The van der Waals surface area contributed by atoms with Crippen molar-refractivity contribution in [3.8, 4) is 11.5 Å². The molecule has 5 aromatic rings. The van der Waals surface area contributed by atoms with Crippen molar-refractivity contribution >= 4 is 39.9 Å². The number of hydrogen-bond donors (Lipinski definition) is 2. The van der Waals surface area contributed by atoms with Gasteiger partial charge in [-0.2, -0.15) is 0 Å². The smallest absolute Gasteiger partial charge is 0.325 e. The number of hydrogen-bond acceptors (Lipinski definition) is 7. The Balaban J connectivity index is 1.25. The lowest BCUT2D eigenvalue weighted by molar-refractivity contribution is -0.151. The van der Waals surface area contributed by atoms with Gasteiger partial charge < -0.3 is 9.84 Å². The van der Waals surface area contributed by atoms with Crippen LogP contribution >= 0.6 is 11.3 Å². The fraction of sp³-hybridized carbons (Fsp3) is 0.222. The number of aryl methyl sites for hydroxylation is 1. The second kappa shape index (κ2) is 11.6. The average Bonchev–Trinajstić information content (AvgIpc) is 3.70. The standard InChI is InChI=1S/C36H31N3O5S/c1-22-29(45-21-37-22)17-18-39-33(40)30-31(34(39)41)36(35(42)43,20-23-11-12-24-7-5-6-8-26(24)19-23)38-32(30)25-13-15-28(16-14-25)44-27-9-3-2-4-10-27/h2-16,19,21,30-32,38H,17-18,20H2,1H3,(H,42,43). The van der Waals surface area contributed by atoms with Gasteiger partial charge in [0.25, 0.3) is 0 Å². The number of benzene rings is 4. The van der Waals surface area contributed by atoms with Crippen molar-refractivity contribution in [3.63, 3.8) is 0 Å². The minimum atomic E-state index is -1.70. The van der Waals surface area contributed by atoms with Crippen molar-refractivity contribution in [2.75, 3.05) is 6.54 Å². The topological polar surface area (TPSA) is 109 Å². The summed E-state index contributed by atoms with van der Waals surface area (Å²) in [5.74, 6) is -2.62. The summed E-state index contributed by atoms with van der Waals surface area (Å²) in [6, 6.07) is 29.7. The molecule has 2 aliphatic rings. The molecule has 7 rings (SSSR count). The molecular weight excluding hydrogens is 586 g/mol. The number of aliphatic carboxylic acids is 1. The van der Waals surface area contributed by atoms with Crippen molar-refractivity contribution in [2.24, 2.45) is 11.8 Å². The lowest BCUT2D eigenvalue weighted by atomic mass is 9.76. The molecule has 0 spiro atoms. The number of fused-ring (bicyclic) bond motifs is 2. The zero-order valence-electron chi connectivity index (χ0n) is 24.6. The molecular formula is C36H31N3O5S. The first-order chi connectivity index (χ1) is 21.8. The monoisotopic (exact) mass is 617 g/mol. The van der Waals surface area contributed by atoms with E-state index in [1.807, 2.05) is 91.9 Å². The SMILES string of the molecule is Cc1ncsc1CCN1C(=O)C2C(c3ccc(Oc4ccccc4)cc3)NC(Cc3ccc4ccccc4c3)(C(=O)O)C2C1=O. The number of imide groups is 1. The number of carbonyl (C=O) groups excluding carboxylic acids is 2. The number of nitrogens with zero attached hydrogens (tertiary/aromatic N) is 2. The van der Waals surface area contributed by atoms with Crippen LogP contribution in [0.3, 0.4) is 0 Å². The lowest BCUT2D eigenvalue weighted by Crippen LogP contribution is -2.57. The summed E-state index contributed by atoms with van der Waals surface area (Å²) in [4.78, 5) is 48.2. The predicted molar refractivity (Wildman–Crippen MR) is 171 cm³/mol. The molecule has 4 unspecified atom stereocenters. The van der Waals surface area contributed by atoms with E-state index in [9.17, 15) is 19.5 Å². The summed E-state index contributed by atoms with van der Waals surface area (Å²) in [5.41, 5.74) is 2.41. The number of carboxylic acid groups (broad SMARTS) is 1. The Hall–Kier alpha value is -4.86. The molecule has 45 heavy (non-hydrogen) atoms. The highest BCUT2D eigenvalue weighted by molar-refractivity contribution is 7.09. The van der Waals surface area contributed by atoms with E-state index in [1.165, 1.54) is 16.2 Å². The maximum Gasteiger partial charge on any atom is 0.325 e. The van der Waals surface area contributed by atoms with Crippen LogP contribution in [0.25, 0.3) is 10.8 Å². The summed E-state index contributed by atoms with van der Waals surface area (Å²) >= 11 is 1.48. The third-order valence-electron chi connectivity index (χ3n) is 9.05. The first-order valence-electron chi connectivity index (χ1n) is 14.9. The Bertz CT molecular complexity index is 1910. The average molecular weight is 618 g/mol. The number of likely N-dealkylation sites (tertiary alicyclic amines) is 1. The van der Waals surface area contributed by atoms with Crippen LogP contribution in [0, 0.1) is 18.8 Å². The van der Waals surface area contributed by atoms with E-state index in [1.54, 1.807) is 17.6 Å². The van der Waals surface area contributed by atoms with Gasteiger partial charge in [-0.15, -0.1) is 11.3 Å². The predicted octanol–water partition coefficient (Wildman–Crippen LogP) is 5.95. The normalized spacial score (nSPS) is 22.6. The third kappa shape index (κ3) is 5.18. The highest BCUT2D eigenvalue weighted by Gasteiger charge is 2.68. The number of nitrogens with one attached hydrogen (secondary N) is 1. The van der Waals surface area contributed by atoms with Gasteiger partial charge in [0.2, 0.25) is 11.8 Å². The Morgan fingerprint density at radius 1 is 0.933 bits per heavy atom. The molecule has 226 valence electrons. The highest BCUT2D eigenvalue weighted by Crippen LogP contribution is 2.50. The Kier molecular flexibility index (Phi) is 7.43. The van der Waals surface area contributed by atoms with Gasteiger partial charge in [0.15, 0.2) is 0 Å². The van der Waals surface area contributed by atoms with Gasteiger partial charge in [-0.1, -0.05) is 72.8 Å². The second-order valence-corrected chi connectivity index (χ2v) is 12.6. The Morgan fingerprint density at radius 2 is 1.64 bits per heavy atom. The molecule has 0 bridgehead atoms. The van der Waals surface area contributed by atoms with Crippen LogP contribution in [0.2, 0.25) is 0 Å². The van der Waals surface area contributed by atoms with Crippen LogP contribution in [0.4, 0.5) is 0 Å². The zero-order valence-corrected chi connectivity index (χ0v) is 25.4.